The molecule has 2 atom stereocenters. The highest BCUT2D eigenvalue weighted by Crippen LogP contribution is 2.22. The number of amides is 1. The standard InChI is InChI=1S/C12H20N4O2/c1-3-16-7-9(5-14-16)6-15-8-10(18-2)4-11(15)12(13)17/h5,7,10-11H,3-4,6,8H2,1-2H3,(H2,13,17)/t10-,11-/m0/s1. The summed E-state index contributed by atoms with van der Waals surface area (Å²) in [6, 6.07) is -0.236. The van der Waals surface area contributed by atoms with Crippen molar-refractivity contribution < 1.29 is 9.53 Å². The van der Waals surface area contributed by atoms with Crippen LogP contribution in [-0.2, 0) is 22.6 Å². The second-order valence-corrected chi connectivity index (χ2v) is 4.65. The normalized spacial score (nSPS) is 24.6. The number of aryl methyl sites for hydroxylation is 1. The molecule has 0 radical (unpaired) electrons. The molecule has 1 saturated heterocycles. The summed E-state index contributed by atoms with van der Waals surface area (Å²) in [6.45, 7) is 4.31. The minimum Gasteiger partial charge on any atom is -0.380 e. The molecule has 6 heteroatoms. The Balaban J connectivity index is 2.04. The first-order valence-corrected chi connectivity index (χ1v) is 6.21. The molecular formula is C12H20N4O2. The maximum Gasteiger partial charge on any atom is 0.234 e. The maximum atomic E-state index is 11.4. The number of carbonyl (C=O) groups excluding carboxylic acids is 1. The number of hydrogen-bond acceptors (Lipinski definition) is 4. The van der Waals surface area contributed by atoms with Crippen molar-refractivity contribution in [3.8, 4) is 0 Å². The van der Waals surface area contributed by atoms with Gasteiger partial charge in [0.25, 0.3) is 0 Å². The van der Waals surface area contributed by atoms with E-state index in [2.05, 4.69) is 10.00 Å². The number of carbonyl (C=O) groups is 1. The molecule has 0 aliphatic carbocycles. The first-order chi connectivity index (χ1) is 8.63. The Morgan fingerprint density at radius 2 is 2.44 bits per heavy atom. The molecule has 0 saturated carbocycles. The van der Waals surface area contributed by atoms with E-state index in [9.17, 15) is 4.79 Å². The summed E-state index contributed by atoms with van der Waals surface area (Å²) in [5.41, 5.74) is 6.53. The van der Waals surface area contributed by atoms with Crippen LogP contribution in [0.5, 0.6) is 0 Å². The number of hydrogen-bond donors (Lipinski definition) is 1. The molecule has 2 rings (SSSR count). The molecule has 1 aliphatic rings. The second kappa shape index (κ2) is 5.49. The number of rotatable bonds is 5. The number of nitrogens with zero attached hydrogens (tertiary/aromatic N) is 3. The molecule has 6 nitrogen and oxygen atoms in total. The Morgan fingerprint density at radius 3 is 3.00 bits per heavy atom. The van der Waals surface area contributed by atoms with E-state index in [4.69, 9.17) is 10.5 Å². The molecule has 0 bridgehead atoms. The number of aromatic nitrogens is 2. The summed E-state index contributed by atoms with van der Waals surface area (Å²) in [7, 11) is 1.67. The highest BCUT2D eigenvalue weighted by molar-refractivity contribution is 5.80. The van der Waals surface area contributed by atoms with E-state index in [1.807, 2.05) is 24.0 Å². The Kier molecular flexibility index (Phi) is 3.98. The van der Waals surface area contributed by atoms with Crippen LogP contribution in [0.15, 0.2) is 12.4 Å². The lowest BCUT2D eigenvalue weighted by Crippen LogP contribution is -2.39. The molecule has 18 heavy (non-hydrogen) atoms. The van der Waals surface area contributed by atoms with Gasteiger partial charge in [-0.2, -0.15) is 5.10 Å². The first-order valence-electron chi connectivity index (χ1n) is 6.21. The van der Waals surface area contributed by atoms with Crippen molar-refractivity contribution in [1.82, 2.24) is 14.7 Å². The van der Waals surface area contributed by atoms with Gasteiger partial charge in [0, 0.05) is 38.5 Å². The SMILES string of the molecule is CCn1cc(CN2C[C@@H](OC)C[C@H]2C(N)=O)cn1. The maximum absolute atomic E-state index is 11.4. The van der Waals surface area contributed by atoms with Crippen molar-refractivity contribution in [2.45, 2.75) is 38.6 Å². The van der Waals surface area contributed by atoms with Crippen LogP contribution in [0.25, 0.3) is 0 Å². The summed E-state index contributed by atoms with van der Waals surface area (Å²) in [4.78, 5) is 13.5. The van der Waals surface area contributed by atoms with Crippen molar-refractivity contribution >= 4 is 5.91 Å². The lowest BCUT2D eigenvalue weighted by molar-refractivity contribution is -0.122. The fraction of sp³-hybridized carbons (Fsp3) is 0.667. The molecule has 1 aromatic rings. The molecule has 1 fully saturated rings. The van der Waals surface area contributed by atoms with E-state index in [1.54, 1.807) is 7.11 Å². The van der Waals surface area contributed by atoms with Gasteiger partial charge in [-0.15, -0.1) is 0 Å². The highest BCUT2D eigenvalue weighted by atomic mass is 16.5. The van der Waals surface area contributed by atoms with E-state index >= 15 is 0 Å². The molecule has 0 spiro atoms. The zero-order chi connectivity index (χ0) is 13.1. The minimum absolute atomic E-state index is 0.0868. The zero-order valence-electron chi connectivity index (χ0n) is 10.9. The van der Waals surface area contributed by atoms with Crippen molar-refractivity contribution in [2.75, 3.05) is 13.7 Å². The minimum atomic E-state index is -0.280. The topological polar surface area (TPSA) is 73.4 Å². The zero-order valence-corrected chi connectivity index (χ0v) is 10.9. The molecule has 1 aromatic heterocycles. The van der Waals surface area contributed by atoms with Crippen molar-refractivity contribution in [3.05, 3.63) is 18.0 Å². The Bertz CT molecular complexity index is 418. The molecule has 0 unspecified atom stereocenters. The molecular weight excluding hydrogens is 232 g/mol. The number of methoxy groups -OCH3 is 1. The molecule has 2 N–H and O–H groups in total. The van der Waals surface area contributed by atoms with Crippen LogP contribution in [-0.4, -0.2) is 46.4 Å². The number of nitrogens with two attached hydrogens (primary N) is 1. The summed E-state index contributed by atoms with van der Waals surface area (Å²) in [6.07, 6.45) is 4.59. The van der Waals surface area contributed by atoms with Crippen LogP contribution in [0.4, 0.5) is 0 Å². The van der Waals surface area contributed by atoms with E-state index in [-0.39, 0.29) is 18.1 Å². The monoisotopic (exact) mass is 252 g/mol. The van der Waals surface area contributed by atoms with Gasteiger partial charge < -0.3 is 10.5 Å². The second-order valence-electron chi connectivity index (χ2n) is 4.65. The molecule has 1 amide bonds. The third-order valence-corrected chi connectivity index (χ3v) is 3.42. The lowest BCUT2D eigenvalue weighted by atomic mass is 10.2. The smallest absolute Gasteiger partial charge is 0.234 e. The number of ether oxygens (including phenoxy) is 1. The van der Waals surface area contributed by atoms with Crippen LogP contribution < -0.4 is 5.73 Å². The molecule has 1 aliphatic heterocycles. The predicted molar refractivity (Wildman–Crippen MR) is 66.7 cm³/mol. The van der Waals surface area contributed by atoms with Crippen LogP contribution in [0.2, 0.25) is 0 Å². The highest BCUT2D eigenvalue weighted by Gasteiger charge is 2.35. The summed E-state index contributed by atoms with van der Waals surface area (Å²) >= 11 is 0. The van der Waals surface area contributed by atoms with Gasteiger partial charge in [0.05, 0.1) is 18.3 Å². The van der Waals surface area contributed by atoms with Gasteiger partial charge in [0.2, 0.25) is 5.91 Å². The van der Waals surface area contributed by atoms with E-state index < -0.39 is 0 Å². The Labute approximate surface area is 107 Å². The average Bonchev–Trinajstić information content (AvgIpc) is 2.96. The van der Waals surface area contributed by atoms with Gasteiger partial charge >= 0.3 is 0 Å². The van der Waals surface area contributed by atoms with Crippen molar-refractivity contribution in [2.24, 2.45) is 5.73 Å². The largest absolute Gasteiger partial charge is 0.380 e. The fourth-order valence-electron chi connectivity index (χ4n) is 2.40. The number of likely N-dealkylation sites (tertiary alicyclic amines) is 1. The summed E-state index contributed by atoms with van der Waals surface area (Å²) in [5.74, 6) is -0.280. The van der Waals surface area contributed by atoms with Crippen molar-refractivity contribution in [1.29, 1.82) is 0 Å². The van der Waals surface area contributed by atoms with Crippen LogP contribution in [0, 0.1) is 0 Å². The van der Waals surface area contributed by atoms with Gasteiger partial charge in [0.15, 0.2) is 0 Å². The van der Waals surface area contributed by atoms with E-state index in [0.29, 0.717) is 13.0 Å². The lowest BCUT2D eigenvalue weighted by Gasteiger charge is -2.20. The van der Waals surface area contributed by atoms with E-state index in [1.165, 1.54) is 0 Å². The van der Waals surface area contributed by atoms with Gasteiger partial charge in [-0.25, -0.2) is 0 Å². The molecule has 0 aromatic carbocycles. The first kappa shape index (κ1) is 13.0. The molecule has 100 valence electrons. The Morgan fingerprint density at radius 1 is 1.67 bits per heavy atom. The number of primary amides is 1. The van der Waals surface area contributed by atoms with Crippen LogP contribution in [0.3, 0.4) is 0 Å². The third kappa shape index (κ3) is 2.70. The van der Waals surface area contributed by atoms with Gasteiger partial charge in [-0.05, 0) is 13.3 Å². The van der Waals surface area contributed by atoms with Gasteiger partial charge in [-0.3, -0.25) is 14.4 Å². The Hall–Kier alpha value is -1.40. The van der Waals surface area contributed by atoms with Gasteiger partial charge in [0.1, 0.15) is 0 Å². The van der Waals surface area contributed by atoms with Crippen molar-refractivity contribution in [3.63, 3.8) is 0 Å². The quantitative estimate of drug-likeness (QED) is 0.799. The fourth-order valence-corrected chi connectivity index (χ4v) is 2.40. The summed E-state index contributed by atoms with van der Waals surface area (Å²) < 4.78 is 7.19. The molecule has 2 heterocycles. The van der Waals surface area contributed by atoms with Crippen LogP contribution in [0.1, 0.15) is 18.9 Å². The third-order valence-electron chi connectivity index (χ3n) is 3.42. The predicted octanol–water partition coefficient (Wildman–Crippen LogP) is -0.0224. The average molecular weight is 252 g/mol. The summed E-state index contributed by atoms with van der Waals surface area (Å²) in [5, 5.41) is 4.23. The van der Waals surface area contributed by atoms with Crippen LogP contribution >= 0.6 is 0 Å². The van der Waals surface area contributed by atoms with E-state index in [0.717, 1.165) is 18.7 Å². The van der Waals surface area contributed by atoms with Gasteiger partial charge in [-0.1, -0.05) is 0 Å².